The molecule has 6 atom stereocenters. The predicted molar refractivity (Wildman–Crippen MR) is 52.2 cm³/mol. The SMILES string of the molecule is NC12C3CC3C3C(C4CC41)C3C1CC12. The Balaban J connectivity index is 1.68. The molecular formula is C13H17N. The Labute approximate surface area is 84.4 Å². The first-order valence-corrected chi connectivity index (χ1v) is 6.60. The molecule has 4 bridgehead atoms. The number of rotatable bonds is 0. The lowest BCUT2D eigenvalue weighted by atomic mass is 9.82. The zero-order chi connectivity index (χ0) is 8.82. The first-order valence-electron chi connectivity index (χ1n) is 6.60. The first kappa shape index (κ1) is 6.52. The Morgan fingerprint density at radius 3 is 1.43 bits per heavy atom. The Morgan fingerprint density at radius 2 is 1.07 bits per heavy atom. The Morgan fingerprint density at radius 1 is 0.714 bits per heavy atom. The number of hydrogen-bond acceptors (Lipinski definition) is 1. The third kappa shape index (κ3) is 0.428. The van der Waals surface area contributed by atoms with E-state index in [-0.39, 0.29) is 0 Å². The van der Waals surface area contributed by atoms with Gasteiger partial charge in [0, 0.05) is 5.54 Å². The van der Waals surface area contributed by atoms with Crippen molar-refractivity contribution in [2.45, 2.75) is 24.8 Å². The summed E-state index contributed by atoms with van der Waals surface area (Å²) in [7, 11) is 0. The van der Waals surface area contributed by atoms with Gasteiger partial charge in [-0.25, -0.2) is 0 Å². The molecule has 0 spiro atoms. The summed E-state index contributed by atoms with van der Waals surface area (Å²) in [6, 6.07) is 0. The highest BCUT2D eigenvalue weighted by molar-refractivity contribution is 5.35. The molecule has 0 aromatic rings. The molecule has 14 heavy (non-hydrogen) atoms. The van der Waals surface area contributed by atoms with Gasteiger partial charge in [-0.05, 0) is 72.5 Å². The summed E-state index contributed by atoms with van der Waals surface area (Å²) in [4.78, 5) is 0. The summed E-state index contributed by atoms with van der Waals surface area (Å²) in [5.74, 6) is 9.93. The van der Waals surface area contributed by atoms with E-state index in [9.17, 15) is 0 Å². The van der Waals surface area contributed by atoms with Crippen LogP contribution >= 0.6 is 0 Å². The standard InChI is InChI=1S/C13H17N/c14-13-7-1-4(7)10-11(5-2-8(5)13)12(10)6-3-9(6)13/h4-12H,1-3,14H2. The van der Waals surface area contributed by atoms with Crippen LogP contribution in [0.25, 0.3) is 0 Å². The van der Waals surface area contributed by atoms with Crippen molar-refractivity contribution < 1.29 is 0 Å². The molecule has 0 aliphatic heterocycles. The van der Waals surface area contributed by atoms with Gasteiger partial charge in [0.15, 0.2) is 0 Å². The largest absolute Gasteiger partial charge is 0.324 e. The van der Waals surface area contributed by atoms with Gasteiger partial charge in [0.2, 0.25) is 0 Å². The lowest BCUT2D eigenvalue weighted by Gasteiger charge is -2.30. The van der Waals surface area contributed by atoms with Crippen molar-refractivity contribution in [1.29, 1.82) is 0 Å². The van der Waals surface area contributed by atoms with Crippen LogP contribution in [-0.4, -0.2) is 5.54 Å². The normalized spacial score (nSPS) is 88.5. The van der Waals surface area contributed by atoms with Crippen molar-refractivity contribution in [2.75, 3.05) is 0 Å². The highest BCUT2D eigenvalue weighted by Gasteiger charge is 2.85. The van der Waals surface area contributed by atoms with Gasteiger partial charge in [-0.15, -0.1) is 0 Å². The Kier molecular flexibility index (Phi) is 0.668. The molecule has 0 amide bonds. The summed E-state index contributed by atoms with van der Waals surface area (Å²) in [5, 5.41) is 0. The Hall–Kier alpha value is -0.0400. The molecule has 0 heterocycles. The lowest BCUT2D eigenvalue weighted by Crippen LogP contribution is -2.48. The second-order valence-corrected chi connectivity index (χ2v) is 7.25. The molecule has 0 radical (unpaired) electrons. The van der Waals surface area contributed by atoms with E-state index >= 15 is 0 Å². The predicted octanol–water partition coefficient (Wildman–Crippen LogP) is 1.48. The molecule has 7 saturated carbocycles. The van der Waals surface area contributed by atoms with E-state index in [2.05, 4.69) is 0 Å². The summed E-state index contributed by atoms with van der Waals surface area (Å²) in [6.07, 6.45) is 4.59. The van der Waals surface area contributed by atoms with Crippen molar-refractivity contribution in [3.63, 3.8) is 0 Å². The molecule has 0 aromatic heterocycles. The van der Waals surface area contributed by atoms with Gasteiger partial charge >= 0.3 is 0 Å². The highest BCUT2D eigenvalue weighted by Crippen LogP contribution is 2.87. The van der Waals surface area contributed by atoms with Crippen LogP contribution in [0.3, 0.4) is 0 Å². The van der Waals surface area contributed by atoms with E-state index in [1.807, 2.05) is 0 Å². The molecule has 0 aromatic carbocycles. The zero-order valence-electron chi connectivity index (χ0n) is 8.39. The van der Waals surface area contributed by atoms with Crippen molar-refractivity contribution in [2.24, 2.45) is 59.0 Å². The lowest BCUT2D eigenvalue weighted by molar-refractivity contribution is 0.261. The van der Waals surface area contributed by atoms with Gasteiger partial charge in [-0.3, -0.25) is 0 Å². The van der Waals surface area contributed by atoms with Crippen LogP contribution in [0.4, 0.5) is 0 Å². The molecule has 7 aliphatic rings. The van der Waals surface area contributed by atoms with Crippen molar-refractivity contribution in [1.82, 2.24) is 0 Å². The smallest absolute Gasteiger partial charge is 0.0248 e. The van der Waals surface area contributed by atoms with Crippen LogP contribution in [0.2, 0.25) is 0 Å². The van der Waals surface area contributed by atoms with Crippen LogP contribution in [0.5, 0.6) is 0 Å². The van der Waals surface area contributed by atoms with Crippen LogP contribution in [0, 0.1) is 53.3 Å². The summed E-state index contributed by atoms with van der Waals surface area (Å²) in [6.45, 7) is 0. The van der Waals surface area contributed by atoms with E-state index < -0.39 is 0 Å². The molecule has 7 fully saturated rings. The van der Waals surface area contributed by atoms with E-state index in [1.165, 1.54) is 37.0 Å². The fraction of sp³-hybridized carbons (Fsp3) is 1.00. The van der Waals surface area contributed by atoms with E-state index in [4.69, 9.17) is 5.73 Å². The van der Waals surface area contributed by atoms with Crippen molar-refractivity contribution in [3.05, 3.63) is 0 Å². The summed E-state index contributed by atoms with van der Waals surface area (Å²) < 4.78 is 0. The highest BCUT2D eigenvalue weighted by atomic mass is 15.0. The maximum Gasteiger partial charge on any atom is 0.0248 e. The second kappa shape index (κ2) is 1.43. The molecule has 0 saturated heterocycles. The molecule has 74 valence electrons. The van der Waals surface area contributed by atoms with Gasteiger partial charge in [0.25, 0.3) is 0 Å². The molecule has 6 unspecified atom stereocenters. The Bertz CT molecular complexity index is 314. The minimum absolute atomic E-state index is 0.373. The molecule has 1 heteroatoms. The zero-order valence-corrected chi connectivity index (χ0v) is 8.39. The van der Waals surface area contributed by atoms with Gasteiger partial charge in [-0.1, -0.05) is 0 Å². The fourth-order valence-electron chi connectivity index (χ4n) is 6.57. The average Bonchev–Trinajstić information content (AvgIpc) is 3.04. The monoisotopic (exact) mass is 187 g/mol. The van der Waals surface area contributed by atoms with Gasteiger partial charge in [0.05, 0.1) is 0 Å². The third-order valence-electron chi connectivity index (χ3n) is 7.12. The molecule has 1 nitrogen and oxygen atoms in total. The van der Waals surface area contributed by atoms with Crippen molar-refractivity contribution in [3.8, 4) is 0 Å². The first-order chi connectivity index (χ1) is 6.82. The average molecular weight is 187 g/mol. The van der Waals surface area contributed by atoms with Crippen LogP contribution in [0.15, 0.2) is 0 Å². The van der Waals surface area contributed by atoms with E-state index in [0.29, 0.717) is 5.54 Å². The third-order valence-corrected chi connectivity index (χ3v) is 7.12. The van der Waals surface area contributed by atoms with Gasteiger partial charge in [0.1, 0.15) is 0 Å². The fourth-order valence-corrected chi connectivity index (χ4v) is 6.57. The van der Waals surface area contributed by atoms with Crippen LogP contribution in [-0.2, 0) is 0 Å². The van der Waals surface area contributed by atoms with Crippen LogP contribution < -0.4 is 5.73 Å². The topological polar surface area (TPSA) is 26.0 Å². The van der Waals surface area contributed by atoms with E-state index in [1.54, 1.807) is 0 Å². The maximum atomic E-state index is 6.87. The van der Waals surface area contributed by atoms with Crippen molar-refractivity contribution >= 4 is 0 Å². The minimum Gasteiger partial charge on any atom is -0.324 e. The molecule has 7 rings (SSSR count). The quantitative estimate of drug-likeness (QED) is 0.611. The van der Waals surface area contributed by atoms with Crippen LogP contribution in [0.1, 0.15) is 19.3 Å². The van der Waals surface area contributed by atoms with Gasteiger partial charge in [-0.2, -0.15) is 0 Å². The molecule has 2 N–H and O–H groups in total. The minimum atomic E-state index is 0.373. The number of hydrogen-bond donors (Lipinski definition) is 1. The maximum absolute atomic E-state index is 6.87. The number of nitrogens with two attached hydrogens (primary N) is 1. The summed E-state index contributed by atoms with van der Waals surface area (Å²) >= 11 is 0. The van der Waals surface area contributed by atoms with Gasteiger partial charge < -0.3 is 5.73 Å². The molecule has 7 aliphatic carbocycles. The second-order valence-electron chi connectivity index (χ2n) is 7.25. The summed E-state index contributed by atoms with van der Waals surface area (Å²) in [5.41, 5.74) is 7.24. The van der Waals surface area contributed by atoms with E-state index in [0.717, 1.165) is 35.5 Å². The molecular weight excluding hydrogens is 170 g/mol.